The van der Waals surface area contributed by atoms with Crippen molar-refractivity contribution in [1.82, 2.24) is 0 Å². The Hall–Kier alpha value is -0.320. The van der Waals surface area contributed by atoms with Gasteiger partial charge in [0.25, 0.3) is 0 Å². The van der Waals surface area contributed by atoms with Crippen LogP contribution < -0.4 is 0 Å². The van der Waals surface area contributed by atoms with Crippen LogP contribution in [0.3, 0.4) is 0 Å². The van der Waals surface area contributed by atoms with Crippen LogP contribution in [-0.4, -0.2) is 39.4 Å². The summed E-state index contributed by atoms with van der Waals surface area (Å²) in [7, 11) is 0. The molecule has 0 aromatic carbocycles. The molecule has 0 saturated heterocycles. The molecule has 2 fully saturated rings. The van der Waals surface area contributed by atoms with Gasteiger partial charge >= 0.3 is 0 Å². The van der Waals surface area contributed by atoms with E-state index in [2.05, 4.69) is 13.8 Å². The molecule has 2 rings (SSSR count). The third kappa shape index (κ3) is 16.1. The fourth-order valence-corrected chi connectivity index (χ4v) is 3.60. The van der Waals surface area contributed by atoms with Gasteiger partial charge in [0.05, 0.1) is 22.4 Å². The molecule has 8 nitrogen and oxygen atoms in total. The van der Waals surface area contributed by atoms with Crippen molar-refractivity contribution in [3.8, 4) is 0 Å². The van der Waals surface area contributed by atoms with Gasteiger partial charge in [0.1, 0.15) is 11.2 Å². The zero-order chi connectivity index (χ0) is 29.5. The zero-order valence-electron chi connectivity index (χ0n) is 27.1. The summed E-state index contributed by atoms with van der Waals surface area (Å²) in [6, 6.07) is 0. The summed E-state index contributed by atoms with van der Waals surface area (Å²) in [6.45, 7) is 27.9. The fraction of sp³-hybridized carbons (Fsp3) is 1.00. The van der Waals surface area contributed by atoms with E-state index in [0.717, 1.165) is 51.4 Å². The highest BCUT2D eigenvalue weighted by Gasteiger charge is 2.42. The first-order chi connectivity index (χ1) is 16.9. The molecule has 0 atom stereocenters. The molecule has 0 heterocycles. The quantitative estimate of drug-likeness (QED) is 0.169. The molecule has 2 saturated carbocycles. The summed E-state index contributed by atoms with van der Waals surface area (Å²) < 4.78 is 0. The van der Waals surface area contributed by atoms with Crippen molar-refractivity contribution >= 4 is 0 Å². The zero-order valence-corrected chi connectivity index (χ0v) is 27.1. The Kier molecular flexibility index (Phi) is 12.7. The van der Waals surface area contributed by atoms with Crippen molar-refractivity contribution in [2.24, 2.45) is 0 Å². The van der Waals surface area contributed by atoms with Crippen LogP contribution >= 0.6 is 0 Å². The minimum absolute atomic E-state index is 0.238. The van der Waals surface area contributed by atoms with E-state index < -0.39 is 5.79 Å². The van der Waals surface area contributed by atoms with Gasteiger partial charge in [-0.2, -0.15) is 9.78 Å². The van der Waals surface area contributed by atoms with Gasteiger partial charge in [-0.15, -0.1) is 0 Å². The molecule has 2 aliphatic carbocycles. The number of rotatable bonds is 8. The summed E-state index contributed by atoms with van der Waals surface area (Å²) >= 11 is 0. The lowest BCUT2D eigenvalue weighted by Gasteiger charge is -2.42. The van der Waals surface area contributed by atoms with E-state index in [-0.39, 0.29) is 33.6 Å². The average Bonchev–Trinajstić information content (AvgIpc) is 2.76. The topological polar surface area (TPSA) is 73.8 Å². The second kappa shape index (κ2) is 13.6. The van der Waals surface area contributed by atoms with Gasteiger partial charge in [-0.1, -0.05) is 6.42 Å². The third-order valence-corrected chi connectivity index (χ3v) is 5.85. The van der Waals surface area contributed by atoms with Gasteiger partial charge in [0.2, 0.25) is 5.79 Å². The molecule has 2 aliphatic rings. The highest BCUT2D eigenvalue weighted by molar-refractivity contribution is 4.90. The minimum Gasteiger partial charge on any atom is -0.230 e. The predicted molar refractivity (Wildman–Crippen MR) is 149 cm³/mol. The van der Waals surface area contributed by atoms with E-state index in [9.17, 15) is 0 Å². The van der Waals surface area contributed by atoms with Crippen LogP contribution in [0.1, 0.15) is 155 Å². The molecule has 0 aliphatic heterocycles. The van der Waals surface area contributed by atoms with Gasteiger partial charge in [-0.25, -0.2) is 29.3 Å². The molecule has 0 aromatic heterocycles. The summed E-state index contributed by atoms with van der Waals surface area (Å²) in [5.74, 6) is -0.751. The van der Waals surface area contributed by atoms with Crippen LogP contribution in [0.4, 0.5) is 0 Å². The summed E-state index contributed by atoms with van der Waals surface area (Å²) in [6.07, 6.45) is 8.54. The Labute approximate surface area is 233 Å². The molecule has 0 aromatic rings. The number of hydrogen-bond donors (Lipinski definition) is 0. The maximum absolute atomic E-state index is 5.68. The molecular weight excluding hydrogens is 488 g/mol. The lowest BCUT2D eigenvalue weighted by atomic mass is 9.78. The lowest BCUT2D eigenvalue weighted by Crippen LogP contribution is -2.44. The van der Waals surface area contributed by atoms with Gasteiger partial charge in [0.15, 0.2) is 0 Å². The molecule has 0 N–H and O–H groups in total. The average molecular weight is 549 g/mol. The standard InChI is InChI=1S/C16H32O4.C14H28O4/c1-13(2,3)17-19-15(7)9-11-16(8,12-10-15)20-18-14(4,5)6;1-12(2,3)15-17-14(10-8-7-9-11-14)18-16-13(4,5)6/h9-12H2,1-8H3;7-11H2,1-6H3. The monoisotopic (exact) mass is 548 g/mol. The van der Waals surface area contributed by atoms with E-state index in [1.165, 1.54) is 6.42 Å². The molecule has 228 valence electrons. The van der Waals surface area contributed by atoms with E-state index >= 15 is 0 Å². The van der Waals surface area contributed by atoms with E-state index in [1.54, 1.807) is 0 Å². The van der Waals surface area contributed by atoms with Crippen molar-refractivity contribution in [1.29, 1.82) is 0 Å². The Bertz CT molecular complexity index is 612. The molecule has 0 spiro atoms. The Morgan fingerprint density at radius 1 is 0.368 bits per heavy atom. The van der Waals surface area contributed by atoms with Crippen LogP contribution in [-0.2, 0) is 39.1 Å². The predicted octanol–water partition coefficient (Wildman–Crippen LogP) is 8.71. The van der Waals surface area contributed by atoms with Crippen molar-refractivity contribution in [2.45, 2.75) is 194 Å². The molecule has 8 heteroatoms. The minimum atomic E-state index is -0.751. The Balaban J connectivity index is 0.000000382. The largest absolute Gasteiger partial charge is 0.234 e. The van der Waals surface area contributed by atoms with E-state index in [4.69, 9.17) is 39.1 Å². The highest BCUT2D eigenvalue weighted by atomic mass is 17.3. The highest BCUT2D eigenvalue weighted by Crippen LogP contribution is 2.40. The maximum atomic E-state index is 5.68. The van der Waals surface area contributed by atoms with E-state index in [0.29, 0.717) is 0 Å². The Morgan fingerprint density at radius 2 is 0.632 bits per heavy atom. The van der Waals surface area contributed by atoms with Crippen molar-refractivity contribution in [3.63, 3.8) is 0 Å². The van der Waals surface area contributed by atoms with Crippen molar-refractivity contribution in [3.05, 3.63) is 0 Å². The van der Waals surface area contributed by atoms with Gasteiger partial charge in [-0.3, -0.25) is 0 Å². The molecule has 38 heavy (non-hydrogen) atoms. The van der Waals surface area contributed by atoms with Gasteiger partial charge in [0, 0.05) is 12.8 Å². The second-order valence-electron chi connectivity index (χ2n) is 15.5. The first kappa shape index (κ1) is 35.7. The molecule has 0 bridgehead atoms. The van der Waals surface area contributed by atoms with Gasteiger partial charge in [-0.05, 0) is 135 Å². The van der Waals surface area contributed by atoms with E-state index in [1.807, 2.05) is 83.1 Å². The van der Waals surface area contributed by atoms with Crippen LogP contribution in [0, 0.1) is 0 Å². The first-order valence-electron chi connectivity index (χ1n) is 14.4. The summed E-state index contributed by atoms with van der Waals surface area (Å²) in [4.78, 5) is 44.3. The third-order valence-electron chi connectivity index (χ3n) is 5.85. The second-order valence-corrected chi connectivity index (χ2v) is 15.5. The summed E-state index contributed by atoms with van der Waals surface area (Å²) in [5, 5.41) is 0. The molecule has 0 unspecified atom stereocenters. The summed E-state index contributed by atoms with van der Waals surface area (Å²) in [5.41, 5.74) is -1.74. The first-order valence-corrected chi connectivity index (χ1v) is 14.4. The molecular formula is C30H60O8. The fourth-order valence-electron chi connectivity index (χ4n) is 3.60. The molecule has 0 amide bonds. The number of hydrogen-bond acceptors (Lipinski definition) is 8. The van der Waals surface area contributed by atoms with Crippen molar-refractivity contribution in [2.75, 3.05) is 0 Å². The van der Waals surface area contributed by atoms with Crippen LogP contribution in [0.15, 0.2) is 0 Å². The lowest BCUT2D eigenvalue weighted by molar-refractivity contribution is -0.545. The molecule has 0 radical (unpaired) electrons. The Morgan fingerprint density at radius 3 is 0.895 bits per heavy atom. The maximum Gasteiger partial charge on any atom is 0.234 e. The SMILES string of the molecule is CC(C)(C)OOC1(C)CCC(C)(OOC(C)(C)C)CC1.CC(C)(C)OOC1(OOC(C)(C)C)CCCCC1. The van der Waals surface area contributed by atoms with Crippen LogP contribution in [0.5, 0.6) is 0 Å². The normalized spacial score (nSPS) is 27.0. The van der Waals surface area contributed by atoms with Crippen LogP contribution in [0.2, 0.25) is 0 Å². The van der Waals surface area contributed by atoms with Gasteiger partial charge < -0.3 is 0 Å². The van der Waals surface area contributed by atoms with Crippen LogP contribution in [0.25, 0.3) is 0 Å². The smallest absolute Gasteiger partial charge is 0.230 e. The van der Waals surface area contributed by atoms with Crippen molar-refractivity contribution < 1.29 is 39.1 Å².